The summed E-state index contributed by atoms with van der Waals surface area (Å²) in [6.07, 6.45) is 3.44. The van der Waals surface area contributed by atoms with Crippen LogP contribution in [-0.2, 0) is 14.8 Å². The number of benzene rings is 2. The molecule has 0 unspecified atom stereocenters. The van der Waals surface area contributed by atoms with Crippen LogP contribution in [0.2, 0.25) is 0 Å². The van der Waals surface area contributed by atoms with Crippen molar-refractivity contribution >= 4 is 39.1 Å². The molecule has 0 heterocycles. The van der Waals surface area contributed by atoms with E-state index in [9.17, 15) is 13.2 Å². The van der Waals surface area contributed by atoms with Crippen molar-refractivity contribution < 1.29 is 13.2 Å². The van der Waals surface area contributed by atoms with Crippen LogP contribution in [0.15, 0.2) is 53.4 Å². The molecule has 5 nitrogen and oxygen atoms in total. The average molecular weight is 393 g/mol. The Morgan fingerprint density at radius 1 is 1.19 bits per heavy atom. The monoisotopic (exact) mass is 392 g/mol. The number of hydrogen-bond donors (Lipinski definition) is 1. The van der Waals surface area contributed by atoms with Crippen molar-refractivity contribution in [2.45, 2.75) is 31.2 Å². The molecule has 0 spiro atoms. The predicted molar refractivity (Wildman–Crippen MR) is 109 cm³/mol. The summed E-state index contributed by atoms with van der Waals surface area (Å²) in [6.45, 7) is 3.73. The molecule has 0 aromatic heterocycles. The number of nitrogens with zero attached hydrogens (tertiary/aromatic N) is 1. The zero-order valence-electron chi connectivity index (χ0n) is 15.4. The van der Waals surface area contributed by atoms with Crippen LogP contribution in [0.3, 0.4) is 0 Å². The molecule has 1 N–H and O–H groups in total. The quantitative estimate of drug-likeness (QED) is 0.726. The molecule has 2 aromatic carbocycles. The Labute approximate surface area is 159 Å². The van der Waals surface area contributed by atoms with E-state index in [2.05, 4.69) is 5.32 Å². The van der Waals surface area contributed by atoms with Gasteiger partial charge in [0.2, 0.25) is 15.9 Å². The van der Waals surface area contributed by atoms with Crippen LogP contribution < -0.4 is 9.62 Å². The molecule has 2 rings (SSSR count). The molecule has 140 valence electrons. The third-order valence-electron chi connectivity index (χ3n) is 3.96. The van der Waals surface area contributed by atoms with E-state index in [0.29, 0.717) is 17.8 Å². The SMILES string of the molecule is CC[C@H](C(=O)Nc1cccc(SC)c1)N(c1ccc(C)cc1)S(C)(=O)=O. The smallest absolute Gasteiger partial charge is 0.248 e. The first-order valence-corrected chi connectivity index (χ1v) is 11.3. The average Bonchev–Trinajstić information content (AvgIpc) is 2.59. The number of aryl methyl sites for hydroxylation is 1. The lowest BCUT2D eigenvalue weighted by Crippen LogP contribution is -2.47. The minimum Gasteiger partial charge on any atom is -0.324 e. The summed E-state index contributed by atoms with van der Waals surface area (Å²) in [5.74, 6) is -0.350. The van der Waals surface area contributed by atoms with Crippen LogP contribution in [-0.4, -0.2) is 32.9 Å². The topological polar surface area (TPSA) is 66.5 Å². The molecule has 0 saturated heterocycles. The van der Waals surface area contributed by atoms with Gasteiger partial charge in [-0.25, -0.2) is 8.42 Å². The number of carbonyl (C=O) groups excluding carboxylic acids is 1. The van der Waals surface area contributed by atoms with Gasteiger partial charge in [-0.05, 0) is 49.9 Å². The van der Waals surface area contributed by atoms with Gasteiger partial charge in [0.15, 0.2) is 0 Å². The van der Waals surface area contributed by atoms with Crippen LogP contribution in [0.5, 0.6) is 0 Å². The third-order valence-corrected chi connectivity index (χ3v) is 5.86. The van der Waals surface area contributed by atoms with E-state index in [1.807, 2.05) is 43.5 Å². The fraction of sp³-hybridized carbons (Fsp3) is 0.316. The summed E-state index contributed by atoms with van der Waals surface area (Å²) in [6, 6.07) is 13.8. The van der Waals surface area contributed by atoms with E-state index in [-0.39, 0.29) is 5.91 Å². The number of hydrogen-bond acceptors (Lipinski definition) is 4. The van der Waals surface area contributed by atoms with Crippen molar-refractivity contribution in [3.8, 4) is 0 Å². The highest BCUT2D eigenvalue weighted by Crippen LogP contribution is 2.24. The molecule has 0 aliphatic carbocycles. The number of sulfonamides is 1. The minimum atomic E-state index is -3.62. The summed E-state index contributed by atoms with van der Waals surface area (Å²) in [4.78, 5) is 13.9. The van der Waals surface area contributed by atoms with Gasteiger partial charge in [-0.2, -0.15) is 0 Å². The molecule has 0 fully saturated rings. The molecule has 1 amide bonds. The van der Waals surface area contributed by atoms with Gasteiger partial charge < -0.3 is 5.32 Å². The molecule has 1 atom stereocenters. The van der Waals surface area contributed by atoms with Gasteiger partial charge in [0, 0.05) is 10.6 Å². The summed E-state index contributed by atoms with van der Waals surface area (Å²) in [7, 11) is -3.62. The van der Waals surface area contributed by atoms with Gasteiger partial charge in [0.1, 0.15) is 6.04 Å². The summed E-state index contributed by atoms with van der Waals surface area (Å²) < 4.78 is 26.0. The Bertz CT molecular complexity index is 865. The molecule has 2 aromatic rings. The Morgan fingerprint density at radius 2 is 1.85 bits per heavy atom. The van der Waals surface area contributed by atoms with Crippen molar-refractivity contribution in [2.24, 2.45) is 0 Å². The maximum absolute atomic E-state index is 12.8. The highest BCUT2D eigenvalue weighted by atomic mass is 32.2. The van der Waals surface area contributed by atoms with E-state index in [1.54, 1.807) is 36.9 Å². The lowest BCUT2D eigenvalue weighted by atomic mass is 10.1. The summed E-state index contributed by atoms with van der Waals surface area (Å²) in [5.41, 5.74) is 2.16. The van der Waals surface area contributed by atoms with Gasteiger partial charge in [-0.1, -0.05) is 30.7 Å². The first-order valence-electron chi connectivity index (χ1n) is 8.27. The van der Waals surface area contributed by atoms with Gasteiger partial charge in [-0.3, -0.25) is 9.10 Å². The van der Waals surface area contributed by atoms with Crippen molar-refractivity contribution in [3.63, 3.8) is 0 Å². The maximum Gasteiger partial charge on any atom is 0.248 e. The number of rotatable bonds is 7. The second kappa shape index (κ2) is 8.60. The molecule has 0 aliphatic rings. The van der Waals surface area contributed by atoms with Crippen molar-refractivity contribution in [2.75, 3.05) is 22.1 Å². The van der Waals surface area contributed by atoms with Crippen molar-refractivity contribution in [1.82, 2.24) is 0 Å². The van der Waals surface area contributed by atoms with Crippen LogP contribution in [0.25, 0.3) is 0 Å². The standard InChI is InChI=1S/C19H24N2O3S2/c1-5-18(19(22)20-15-7-6-8-17(13-15)25-3)21(26(4,23)24)16-11-9-14(2)10-12-16/h6-13,18H,5H2,1-4H3,(H,20,22)/t18-/m1/s1. The number of carbonyl (C=O) groups is 1. The van der Waals surface area contributed by atoms with Crippen LogP contribution in [0.4, 0.5) is 11.4 Å². The fourth-order valence-corrected chi connectivity index (χ4v) is 4.35. The van der Waals surface area contributed by atoms with E-state index in [1.165, 1.54) is 4.31 Å². The van der Waals surface area contributed by atoms with Crippen LogP contribution in [0.1, 0.15) is 18.9 Å². The number of amides is 1. The zero-order chi connectivity index (χ0) is 19.3. The molecule has 0 saturated carbocycles. The van der Waals surface area contributed by atoms with E-state index >= 15 is 0 Å². The predicted octanol–water partition coefficient (Wildman–Crippen LogP) is 3.90. The van der Waals surface area contributed by atoms with Gasteiger partial charge >= 0.3 is 0 Å². The van der Waals surface area contributed by atoms with Crippen LogP contribution >= 0.6 is 11.8 Å². The summed E-state index contributed by atoms with van der Waals surface area (Å²) >= 11 is 1.58. The highest BCUT2D eigenvalue weighted by molar-refractivity contribution is 7.98. The van der Waals surface area contributed by atoms with E-state index in [4.69, 9.17) is 0 Å². The van der Waals surface area contributed by atoms with Gasteiger partial charge in [0.05, 0.1) is 11.9 Å². The summed E-state index contributed by atoms with van der Waals surface area (Å²) in [5, 5.41) is 2.84. The number of thioether (sulfide) groups is 1. The van der Waals surface area contributed by atoms with E-state index in [0.717, 1.165) is 16.7 Å². The lowest BCUT2D eigenvalue weighted by Gasteiger charge is -2.30. The molecule has 0 aliphatic heterocycles. The van der Waals surface area contributed by atoms with Crippen LogP contribution in [0, 0.1) is 6.92 Å². The normalized spacial score (nSPS) is 12.5. The molecule has 7 heteroatoms. The van der Waals surface area contributed by atoms with Gasteiger partial charge in [0.25, 0.3) is 0 Å². The second-order valence-electron chi connectivity index (χ2n) is 6.04. The third kappa shape index (κ3) is 5.02. The first kappa shape index (κ1) is 20.3. The largest absolute Gasteiger partial charge is 0.324 e. The minimum absolute atomic E-state index is 0.350. The van der Waals surface area contributed by atoms with E-state index < -0.39 is 16.1 Å². The Morgan fingerprint density at radius 3 is 2.38 bits per heavy atom. The fourth-order valence-electron chi connectivity index (χ4n) is 2.68. The van der Waals surface area contributed by atoms with Gasteiger partial charge in [-0.15, -0.1) is 11.8 Å². The number of anilines is 2. The molecule has 0 bridgehead atoms. The van der Waals surface area contributed by atoms with Crippen molar-refractivity contribution in [1.29, 1.82) is 0 Å². The molecule has 26 heavy (non-hydrogen) atoms. The highest BCUT2D eigenvalue weighted by Gasteiger charge is 2.31. The Hall–Kier alpha value is -1.99. The molecular weight excluding hydrogens is 368 g/mol. The zero-order valence-corrected chi connectivity index (χ0v) is 17.0. The Balaban J connectivity index is 2.34. The molecular formula is C19H24N2O3S2. The molecule has 0 radical (unpaired) electrons. The van der Waals surface area contributed by atoms with Crippen molar-refractivity contribution in [3.05, 3.63) is 54.1 Å². The second-order valence-corrected chi connectivity index (χ2v) is 8.78. The number of nitrogens with one attached hydrogen (secondary N) is 1. The maximum atomic E-state index is 12.8. The Kier molecular flexibility index (Phi) is 6.72. The first-order chi connectivity index (χ1) is 12.3. The lowest BCUT2D eigenvalue weighted by molar-refractivity contribution is -0.117.